The van der Waals surface area contributed by atoms with Gasteiger partial charge in [0.15, 0.2) is 5.82 Å². The molecule has 0 unspecified atom stereocenters. The van der Waals surface area contributed by atoms with Crippen molar-refractivity contribution in [1.29, 1.82) is 5.26 Å². The number of rotatable bonds is 5. The number of sulfonamides is 1. The number of nitrogens with two attached hydrogens (primary N) is 1. The molecule has 0 fully saturated rings. The molecule has 1 aromatic heterocycles. The zero-order valence-corrected chi connectivity index (χ0v) is 17.9. The molecular formula is C19H18ClFN6O2S. The minimum absolute atomic E-state index is 0.00158. The average Bonchev–Trinajstić information content (AvgIpc) is 3.19. The molecule has 8 nitrogen and oxygen atoms in total. The van der Waals surface area contributed by atoms with E-state index in [1.54, 1.807) is 19.9 Å². The molecule has 3 rings (SSSR count). The van der Waals surface area contributed by atoms with Crippen LogP contribution in [-0.4, -0.2) is 29.0 Å². The van der Waals surface area contributed by atoms with E-state index in [9.17, 15) is 18.1 Å². The highest BCUT2D eigenvalue weighted by Crippen LogP contribution is 2.44. The Morgan fingerprint density at radius 2 is 1.93 bits per heavy atom. The lowest BCUT2D eigenvalue weighted by Crippen LogP contribution is -2.22. The lowest BCUT2D eigenvalue weighted by atomic mass is 9.78. The van der Waals surface area contributed by atoms with Crippen LogP contribution in [0.15, 0.2) is 29.2 Å². The molecule has 0 spiro atoms. The van der Waals surface area contributed by atoms with E-state index in [0.29, 0.717) is 11.1 Å². The summed E-state index contributed by atoms with van der Waals surface area (Å²) in [7, 11) is -4.25. The molecule has 0 aliphatic rings. The van der Waals surface area contributed by atoms with Crippen molar-refractivity contribution in [3.8, 4) is 6.07 Å². The van der Waals surface area contributed by atoms with Crippen LogP contribution >= 0.6 is 11.6 Å². The second kappa shape index (κ2) is 8.10. The smallest absolute Gasteiger partial charge is 0.225 e. The number of hydrogen-bond donors (Lipinski definition) is 2. The van der Waals surface area contributed by atoms with Crippen LogP contribution in [-0.2, 0) is 10.0 Å². The summed E-state index contributed by atoms with van der Waals surface area (Å²) < 4.78 is 39.6. The molecule has 3 aromatic rings. The number of halogens is 2. The van der Waals surface area contributed by atoms with Gasteiger partial charge in [-0.25, -0.2) is 17.9 Å². The van der Waals surface area contributed by atoms with E-state index in [-0.39, 0.29) is 26.9 Å². The van der Waals surface area contributed by atoms with Crippen molar-refractivity contribution in [3.05, 3.63) is 68.7 Å². The van der Waals surface area contributed by atoms with Gasteiger partial charge in [0.1, 0.15) is 11.9 Å². The van der Waals surface area contributed by atoms with Gasteiger partial charge in [-0.2, -0.15) is 10.5 Å². The SMILES string of the molecule is Cc1ccc(F)c([C@H](C)[C@H](c2nn[nH]n2)c2c(S(N)(=O)=O)ccc(Cl)c2C#N)c1C. The summed E-state index contributed by atoms with van der Waals surface area (Å²) in [4.78, 5) is -0.309. The Balaban J connectivity index is 2.41. The molecule has 2 atom stereocenters. The number of nitrogens with one attached hydrogen (secondary N) is 1. The maximum Gasteiger partial charge on any atom is 0.238 e. The van der Waals surface area contributed by atoms with Gasteiger partial charge in [0, 0.05) is 5.56 Å². The van der Waals surface area contributed by atoms with Crippen molar-refractivity contribution >= 4 is 21.6 Å². The maximum atomic E-state index is 14.9. The van der Waals surface area contributed by atoms with Gasteiger partial charge in [-0.05, 0) is 54.7 Å². The maximum absolute atomic E-state index is 14.9. The summed E-state index contributed by atoms with van der Waals surface area (Å²) >= 11 is 6.20. The quantitative estimate of drug-likeness (QED) is 0.614. The summed E-state index contributed by atoms with van der Waals surface area (Å²) in [6.07, 6.45) is 0. The Labute approximate surface area is 177 Å². The molecular weight excluding hydrogens is 431 g/mol. The number of tetrazole rings is 1. The number of aryl methyl sites for hydroxylation is 1. The van der Waals surface area contributed by atoms with Gasteiger partial charge in [0.05, 0.1) is 21.4 Å². The molecule has 0 saturated heterocycles. The first-order chi connectivity index (χ1) is 14.1. The number of primary sulfonamides is 1. The molecule has 0 saturated carbocycles. The third-order valence-corrected chi connectivity index (χ3v) is 6.50. The van der Waals surface area contributed by atoms with Gasteiger partial charge in [-0.15, -0.1) is 10.2 Å². The van der Waals surface area contributed by atoms with Gasteiger partial charge in [-0.1, -0.05) is 29.8 Å². The van der Waals surface area contributed by atoms with Gasteiger partial charge in [0.2, 0.25) is 10.0 Å². The first kappa shape index (κ1) is 21.8. The number of hydrogen-bond acceptors (Lipinski definition) is 6. The van der Waals surface area contributed by atoms with E-state index in [1.165, 1.54) is 18.2 Å². The number of nitriles is 1. The minimum Gasteiger partial charge on any atom is -0.225 e. The third kappa shape index (κ3) is 3.79. The third-order valence-electron chi connectivity index (χ3n) is 5.21. The fourth-order valence-electron chi connectivity index (χ4n) is 3.68. The van der Waals surface area contributed by atoms with Crippen molar-refractivity contribution in [3.63, 3.8) is 0 Å². The molecule has 0 bridgehead atoms. The first-order valence-corrected chi connectivity index (χ1v) is 10.7. The lowest BCUT2D eigenvalue weighted by Gasteiger charge is -2.27. The molecule has 3 N–H and O–H groups in total. The second-order valence-corrected chi connectivity index (χ2v) is 8.87. The highest BCUT2D eigenvalue weighted by molar-refractivity contribution is 7.89. The molecule has 1 heterocycles. The largest absolute Gasteiger partial charge is 0.238 e. The molecule has 0 aliphatic carbocycles. The van der Waals surface area contributed by atoms with Crippen molar-refractivity contribution in [2.24, 2.45) is 5.14 Å². The van der Waals surface area contributed by atoms with Gasteiger partial charge in [-0.3, -0.25) is 0 Å². The van der Waals surface area contributed by atoms with Crippen LogP contribution in [0.2, 0.25) is 5.02 Å². The Morgan fingerprint density at radius 1 is 1.23 bits per heavy atom. The lowest BCUT2D eigenvalue weighted by molar-refractivity contribution is 0.545. The normalized spacial score (nSPS) is 13.6. The van der Waals surface area contributed by atoms with Crippen molar-refractivity contribution in [2.45, 2.75) is 37.5 Å². The van der Waals surface area contributed by atoms with Crippen molar-refractivity contribution < 1.29 is 12.8 Å². The average molecular weight is 449 g/mol. The summed E-state index contributed by atoms with van der Waals surface area (Å²) in [5, 5.41) is 29.0. The molecule has 2 aromatic carbocycles. The van der Waals surface area contributed by atoms with Crippen LogP contribution < -0.4 is 5.14 Å². The van der Waals surface area contributed by atoms with Crippen LogP contribution in [0.3, 0.4) is 0 Å². The van der Waals surface area contributed by atoms with Crippen LogP contribution in [0.5, 0.6) is 0 Å². The molecule has 0 aliphatic heterocycles. The minimum atomic E-state index is -4.25. The summed E-state index contributed by atoms with van der Waals surface area (Å²) in [5.41, 5.74) is 1.78. The molecule has 0 amide bonds. The topological polar surface area (TPSA) is 138 Å². The zero-order valence-electron chi connectivity index (χ0n) is 16.3. The molecule has 11 heteroatoms. The first-order valence-electron chi connectivity index (χ1n) is 8.82. The second-order valence-electron chi connectivity index (χ2n) is 6.93. The molecule has 0 radical (unpaired) electrons. The van der Waals surface area contributed by atoms with Gasteiger partial charge < -0.3 is 0 Å². The Kier molecular flexibility index (Phi) is 5.90. The van der Waals surface area contributed by atoms with E-state index >= 15 is 0 Å². The molecule has 156 valence electrons. The van der Waals surface area contributed by atoms with E-state index in [0.717, 1.165) is 5.56 Å². The zero-order chi connectivity index (χ0) is 22.2. The van der Waals surface area contributed by atoms with Crippen LogP contribution in [0, 0.1) is 31.0 Å². The number of aromatic nitrogens is 4. The van der Waals surface area contributed by atoms with E-state index in [1.807, 2.05) is 13.0 Å². The van der Waals surface area contributed by atoms with E-state index < -0.39 is 27.7 Å². The Morgan fingerprint density at radius 3 is 2.50 bits per heavy atom. The number of nitrogens with zero attached hydrogens (tertiary/aromatic N) is 4. The summed E-state index contributed by atoms with van der Waals surface area (Å²) in [6.45, 7) is 5.30. The highest BCUT2D eigenvalue weighted by Gasteiger charge is 2.36. The van der Waals surface area contributed by atoms with E-state index in [4.69, 9.17) is 16.7 Å². The van der Waals surface area contributed by atoms with Crippen molar-refractivity contribution in [2.75, 3.05) is 0 Å². The fraction of sp³-hybridized carbons (Fsp3) is 0.263. The van der Waals surface area contributed by atoms with Crippen LogP contribution in [0.1, 0.15) is 52.4 Å². The summed E-state index contributed by atoms with van der Waals surface area (Å²) in [5.74, 6) is -2.06. The Hall–Kier alpha value is -2.87. The Bertz CT molecular complexity index is 1260. The van der Waals surface area contributed by atoms with Crippen molar-refractivity contribution in [1.82, 2.24) is 20.6 Å². The monoisotopic (exact) mass is 448 g/mol. The van der Waals surface area contributed by atoms with Gasteiger partial charge >= 0.3 is 0 Å². The predicted molar refractivity (Wildman–Crippen MR) is 108 cm³/mol. The summed E-state index contributed by atoms with van der Waals surface area (Å²) in [6, 6.07) is 7.42. The van der Waals surface area contributed by atoms with Crippen LogP contribution in [0.4, 0.5) is 4.39 Å². The van der Waals surface area contributed by atoms with Crippen LogP contribution in [0.25, 0.3) is 0 Å². The fourth-order valence-corrected chi connectivity index (χ4v) is 4.68. The molecule has 30 heavy (non-hydrogen) atoms. The number of aromatic amines is 1. The highest BCUT2D eigenvalue weighted by atomic mass is 35.5. The van der Waals surface area contributed by atoms with E-state index in [2.05, 4.69) is 20.6 Å². The van der Waals surface area contributed by atoms with Gasteiger partial charge in [0.25, 0.3) is 0 Å². The number of benzene rings is 2. The standard InChI is InChI=1S/C19H18ClFN6O2S/c1-9-4-6-14(21)16(10(9)2)11(3)17(19-24-26-27-25-19)18-12(8-22)13(20)5-7-15(18)30(23,28)29/h4-7,11,17H,1-3H3,(H2,23,28,29)(H,24,25,26,27)/t11-,17-/m0/s1. The number of H-pyrrole nitrogens is 1. The predicted octanol–water partition coefficient (Wildman–Crippen LogP) is 3.06.